The van der Waals surface area contributed by atoms with Gasteiger partial charge in [-0.1, -0.05) is 0 Å². The van der Waals surface area contributed by atoms with E-state index in [1.54, 1.807) is 29.0 Å². The van der Waals surface area contributed by atoms with Crippen molar-refractivity contribution in [2.45, 2.75) is 13.5 Å². The normalized spacial score (nSPS) is 10.4. The van der Waals surface area contributed by atoms with E-state index < -0.39 is 0 Å². The fourth-order valence-electron chi connectivity index (χ4n) is 1.50. The highest BCUT2D eigenvalue weighted by atomic mass is 32.1. The summed E-state index contributed by atoms with van der Waals surface area (Å²) in [6.07, 6.45) is 5.37. The predicted octanol–water partition coefficient (Wildman–Crippen LogP) is 1.85. The van der Waals surface area contributed by atoms with E-state index >= 15 is 0 Å². The first-order valence-electron chi connectivity index (χ1n) is 5.46. The first-order valence-corrected chi connectivity index (χ1v) is 6.28. The van der Waals surface area contributed by atoms with Gasteiger partial charge in [-0.3, -0.25) is 10.00 Å². The van der Waals surface area contributed by atoms with Crippen LogP contribution in [0.15, 0.2) is 18.6 Å². The molecule has 18 heavy (non-hydrogen) atoms. The van der Waals surface area contributed by atoms with E-state index in [1.165, 1.54) is 11.3 Å². The molecule has 2 aromatic heterocycles. The van der Waals surface area contributed by atoms with E-state index in [0.717, 1.165) is 10.4 Å². The SMILES string of the molecule is Cc1cnc(NC(=O)N(C)Cc2cnn(C)c2)s1. The molecule has 96 valence electrons. The zero-order chi connectivity index (χ0) is 13.1. The second-order valence-electron chi connectivity index (χ2n) is 4.08. The van der Waals surface area contributed by atoms with Crippen molar-refractivity contribution < 1.29 is 4.79 Å². The average molecular weight is 265 g/mol. The van der Waals surface area contributed by atoms with Gasteiger partial charge in [-0.05, 0) is 6.92 Å². The molecule has 0 bridgehead atoms. The number of nitrogens with zero attached hydrogens (tertiary/aromatic N) is 4. The van der Waals surface area contributed by atoms with E-state index in [0.29, 0.717) is 11.7 Å². The van der Waals surface area contributed by atoms with Crippen LogP contribution in [-0.4, -0.2) is 32.7 Å². The molecule has 0 saturated carbocycles. The summed E-state index contributed by atoms with van der Waals surface area (Å²) in [5.74, 6) is 0. The zero-order valence-electron chi connectivity index (χ0n) is 10.5. The maximum atomic E-state index is 11.9. The topological polar surface area (TPSA) is 63.1 Å². The molecule has 2 amide bonds. The van der Waals surface area contributed by atoms with Crippen LogP contribution in [0, 0.1) is 6.92 Å². The number of rotatable bonds is 3. The lowest BCUT2D eigenvalue weighted by molar-refractivity contribution is 0.220. The van der Waals surface area contributed by atoms with Gasteiger partial charge in [0, 0.05) is 36.9 Å². The lowest BCUT2D eigenvalue weighted by Crippen LogP contribution is -2.30. The Bertz CT molecular complexity index is 547. The van der Waals surface area contributed by atoms with Gasteiger partial charge in [0.05, 0.1) is 12.7 Å². The van der Waals surface area contributed by atoms with E-state index in [2.05, 4.69) is 15.4 Å². The van der Waals surface area contributed by atoms with Gasteiger partial charge in [-0.2, -0.15) is 5.10 Å². The standard InChI is InChI=1S/C11H15N5OS/c1-8-4-12-10(18-8)14-11(17)15(2)6-9-5-13-16(3)7-9/h4-5,7H,6H2,1-3H3,(H,12,14,17). The van der Waals surface area contributed by atoms with Gasteiger partial charge in [0.25, 0.3) is 0 Å². The summed E-state index contributed by atoms with van der Waals surface area (Å²) in [6, 6.07) is -0.173. The highest BCUT2D eigenvalue weighted by molar-refractivity contribution is 7.15. The van der Waals surface area contributed by atoms with Crippen LogP contribution in [0.1, 0.15) is 10.4 Å². The van der Waals surface area contributed by atoms with Crippen molar-refractivity contribution in [1.82, 2.24) is 19.7 Å². The molecule has 0 fully saturated rings. The number of hydrogen-bond acceptors (Lipinski definition) is 4. The second-order valence-corrected chi connectivity index (χ2v) is 5.32. The highest BCUT2D eigenvalue weighted by Gasteiger charge is 2.11. The number of hydrogen-bond donors (Lipinski definition) is 1. The van der Waals surface area contributed by atoms with Crippen molar-refractivity contribution in [2.24, 2.45) is 7.05 Å². The molecule has 2 rings (SSSR count). The molecule has 0 radical (unpaired) electrons. The number of aromatic nitrogens is 3. The maximum absolute atomic E-state index is 11.9. The van der Waals surface area contributed by atoms with Crippen LogP contribution in [0.3, 0.4) is 0 Å². The maximum Gasteiger partial charge on any atom is 0.323 e. The summed E-state index contributed by atoms with van der Waals surface area (Å²) < 4.78 is 1.71. The minimum atomic E-state index is -0.173. The van der Waals surface area contributed by atoms with Crippen LogP contribution in [0.4, 0.5) is 9.93 Å². The number of aryl methyl sites for hydroxylation is 2. The van der Waals surface area contributed by atoms with Crippen molar-refractivity contribution >= 4 is 22.5 Å². The third kappa shape index (κ3) is 3.07. The van der Waals surface area contributed by atoms with Gasteiger partial charge >= 0.3 is 6.03 Å². The number of carbonyl (C=O) groups excluding carboxylic acids is 1. The van der Waals surface area contributed by atoms with E-state index in [4.69, 9.17) is 0 Å². The first-order chi connectivity index (χ1) is 8.54. The molecular formula is C11H15N5OS. The largest absolute Gasteiger partial charge is 0.323 e. The van der Waals surface area contributed by atoms with Gasteiger partial charge in [0.2, 0.25) is 0 Å². The number of carbonyl (C=O) groups is 1. The monoisotopic (exact) mass is 265 g/mol. The Labute approximate surface area is 109 Å². The zero-order valence-corrected chi connectivity index (χ0v) is 11.4. The molecule has 0 aliphatic carbocycles. The van der Waals surface area contributed by atoms with Crippen LogP contribution in [0.25, 0.3) is 0 Å². The van der Waals surface area contributed by atoms with Crippen molar-refractivity contribution in [2.75, 3.05) is 12.4 Å². The van der Waals surface area contributed by atoms with Crippen LogP contribution < -0.4 is 5.32 Å². The fraction of sp³-hybridized carbons (Fsp3) is 0.364. The Hall–Kier alpha value is -1.89. The molecule has 0 aliphatic heterocycles. The summed E-state index contributed by atoms with van der Waals surface area (Å²) in [4.78, 5) is 18.6. The van der Waals surface area contributed by atoms with Crippen LogP contribution in [0.2, 0.25) is 0 Å². The summed E-state index contributed by atoms with van der Waals surface area (Å²) in [7, 11) is 3.59. The second kappa shape index (κ2) is 5.18. The van der Waals surface area contributed by atoms with Crippen molar-refractivity contribution in [1.29, 1.82) is 0 Å². The molecule has 2 aromatic rings. The Kier molecular flexibility index (Phi) is 3.61. The lowest BCUT2D eigenvalue weighted by Gasteiger charge is -2.15. The Balaban J connectivity index is 1.92. The van der Waals surface area contributed by atoms with Crippen LogP contribution in [0.5, 0.6) is 0 Å². The summed E-state index contributed by atoms with van der Waals surface area (Å²) in [6.45, 7) is 2.47. The lowest BCUT2D eigenvalue weighted by atomic mass is 10.3. The van der Waals surface area contributed by atoms with Crippen molar-refractivity contribution in [3.05, 3.63) is 29.0 Å². The Morgan fingerprint density at radius 2 is 2.33 bits per heavy atom. The third-order valence-corrected chi connectivity index (χ3v) is 3.19. The Morgan fingerprint density at radius 3 is 2.89 bits per heavy atom. The molecule has 6 nitrogen and oxygen atoms in total. The first kappa shape index (κ1) is 12.6. The van der Waals surface area contributed by atoms with E-state index in [1.807, 2.05) is 20.2 Å². The Morgan fingerprint density at radius 1 is 1.56 bits per heavy atom. The van der Waals surface area contributed by atoms with Crippen LogP contribution >= 0.6 is 11.3 Å². The van der Waals surface area contributed by atoms with Gasteiger partial charge in [-0.15, -0.1) is 11.3 Å². The smallest absolute Gasteiger partial charge is 0.323 e. The molecule has 0 atom stereocenters. The van der Waals surface area contributed by atoms with Crippen molar-refractivity contribution in [3.8, 4) is 0 Å². The molecule has 2 heterocycles. The summed E-state index contributed by atoms with van der Waals surface area (Å²) in [5.41, 5.74) is 0.991. The van der Waals surface area contributed by atoms with Crippen molar-refractivity contribution in [3.63, 3.8) is 0 Å². The number of anilines is 1. The van der Waals surface area contributed by atoms with Gasteiger partial charge in [-0.25, -0.2) is 9.78 Å². The van der Waals surface area contributed by atoms with E-state index in [9.17, 15) is 4.79 Å². The fourth-order valence-corrected chi connectivity index (χ4v) is 2.15. The number of thiazole rings is 1. The molecule has 0 aliphatic rings. The summed E-state index contributed by atoms with van der Waals surface area (Å²) in [5, 5.41) is 7.44. The molecule has 0 saturated heterocycles. The molecule has 7 heteroatoms. The number of urea groups is 1. The molecule has 0 aromatic carbocycles. The van der Waals surface area contributed by atoms with Crippen LogP contribution in [-0.2, 0) is 13.6 Å². The van der Waals surface area contributed by atoms with E-state index in [-0.39, 0.29) is 6.03 Å². The molecular weight excluding hydrogens is 250 g/mol. The van der Waals surface area contributed by atoms with Gasteiger partial charge < -0.3 is 4.90 Å². The predicted molar refractivity (Wildman–Crippen MR) is 70.5 cm³/mol. The minimum Gasteiger partial charge on any atom is -0.323 e. The number of nitrogens with one attached hydrogen (secondary N) is 1. The average Bonchev–Trinajstić information content (AvgIpc) is 2.88. The molecule has 0 unspecified atom stereocenters. The van der Waals surface area contributed by atoms with Gasteiger partial charge in [0.15, 0.2) is 5.13 Å². The third-order valence-electron chi connectivity index (χ3n) is 2.36. The quantitative estimate of drug-likeness (QED) is 0.921. The number of amides is 2. The molecule has 0 spiro atoms. The highest BCUT2D eigenvalue weighted by Crippen LogP contribution is 2.17. The van der Waals surface area contributed by atoms with Gasteiger partial charge in [0.1, 0.15) is 0 Å². The summed E-state index contributed by atoms with van der Waals surface area (Å²) >= 11 is 1.46. The minimum absolute atomic E-state index is 0.173. The molecule has 1 N–H and O–H groups in total.